The molecule has 0 radical (unpaired) electrons. The molecule has 130 valence electrons. The van der Waals surface area contributed by atoms with Crippen LogP contribution in [0.1, 0.15) is 30.1 Å². The largest absolute Gasteiger partial charge is 0.372 e. The van der Waals surface area contributed by atoms with Crippen LogP contribution in [0.5, 0.6) is 0 Å². The fourth-order valence-corrected chi connectivity index (χ4v) is 4.41. The molecular formula is C20H23N3OS. The van der Waals surface area contributed by atoms with E-state index in [0.717, 1.165) is 36.0 Å². The first-order valence-corrected chi connectivity index (χ1v) is 9.61. The zero-order chi connectivity index (χ0) is 17.4. The number of fused-ring (bicyclic) bond motifs is 1. The minimum absolute atomic E-state index is 0.214. The molecule has 0 N–H and O–H groups in total. The SMILES string of the molecule is Cc1cc2c(N3CC(C)OC(C)C3)nc(Cc3ccccc3)nc2s1. The van der Waals surface area contributed by atoms with E-state index in [1.807, 2.05) is 6.07 Å². The van der Waals surface area contributed by atoms with Crippen LogP contribution in [0.25, 0.3) is 10.2 Å². The zero-order valence-corrected chi connectivity index (χ0v) is 15.7. The molecule has 0 aliphatic carbocycles. The van der Waals surface area contributed by atoms with Crippen molar-refractivity contribution in [3.63, 3.8) is 0 Å². The number of thiophene rings is 1. The summed E-state index contributed by atoms with van der Waals surface area (Å²) in [6.45, 7) is 8.14. The number of benzene rings is 1. The first-order valence-electron chi connectivity index (χ1n) is 8.80. The molecular weight excluding hydrogens is 330 g/mol. The van der Waals surface area contributed by atoms with Gasteiger partial charge in [0.05, 0.1) is 17.6 Å². The van der Waals surface area contributed by atoms with Gasteiger partial charge in [0.15, 0.2) is 0 Å². The fraction of sp³-hybridized carbons (Fsp3) is 0.400. The molecule has 2 unspecified atom stereocenters. The Morgan fingerprint density at radius 3 is 2.56 bits per heavy atom. The van der Waals surface area contributed by atoms with Crippen LogP contribution in [0.15, 0.2) is 36.4 Å². The van der Waals surface area contributed by atoms with Crippen molar-refractivity contribution in [1.29, 1.82) is 0 Å². The summed E-state index contributed by atoms with van der Waals surface area (Å²) in [6, 6.07) is 12.6. The van der Waals surface area contributed by atoms with E-state index < -0.39 is 0 Å². The number of hydrogen-bond donors (Lipinski definition) is 0. The average Bonchev–Trinajstić information content (AvgIpc) is 2.94. The first kappa shape index (κ1) is 16.5. The van der Waals surface area contributed by atoms with Gasteiger partial charge in [0.1, 0.15) is 16.5 Å². The first-order chi connectivity index (χ1) is 12.1. The van der Waals surface area contributed by atoms with E-state index in [1.54, 1.807) is 11.3 Å². The second-order valence-corrected chi connectivity index (χ2v) is 8.10. The second-order valence-electron chi connectivity index (χ2n) is 6.86. The number of anilines is 1. The highest BCUT2D eigenvalue weighted by Gasteiger charge is 2.25. The van der Waals surface area contributed by atoms with Crippen LogP contribution in [0.3, 0.4) is 0 Å². The number of aromatic nitrogens is 2. The molecule has 0 spiro atoms. The Kier molecular flexibility index (Phi) is 4.44. The number of nitrogens with zero attached hydrogens (tertiary/aromatic N) is 3. The van der Waals surface area contributed by atoms with Gasteiger partial charge in [-0.2, -0.15) is 0 Å². The van der Waals surface area contributed by atoms with Crippen LogP contribution >= 0.6 is 11.3 Å². The minimum atomic E-state index is 0.214. The molecule has 0 bridgehead atoms. The van der Waals surface area contributed by atoms with E-state index in [-0.39, 0.29) is 12.2 Å². The maximum absolute atomic E-state index is 5.90. The lowest BCUT2D eigenvalue weighted by Gasteiger charge is -2.36. The van der Waals surface area contributed by atoms with Crippen molar-refractivity contribution >= 4 is 27.4 Å². The van der Waals surface area contributed by atoms with Gasteiger partial charge in [-0.15, -0.1) is 11.3 Å². The molecule has 1 aliphatic heterocycles. The van der Waals surface area contributed by atoms with Crippen molar-refractivity contribution < 1.29 is 4.74 Å². The molecule has 4 rings (SSSR count). The highest BCUT2D eigenvalue weighted by Crippen LogP contribution is 2.32. The Morgan fingerprint density at radius 1 is 1.12 bits per heavy atom. The summed E-state index contributed by atoms with van der Waals surface area (Å²) in [5.74, 6) is 1.95. The molecule has 1 aliphatic rings. The zero-order valence-electron chi connectivity index (χ0n) is 14.9. The average molecular weight is 353 g/mol. The number of aryl methyl sites for hydroxylation is 1. The van der Waals surface area contributed by atoms with E-state index in [2.05, 4.69) is 56.0 Å². The number of rotatable bonds is 3. The molecule has 25 heavy (non-hydrogen) atoms. The Morgan fingerprint density at radius 2 is 1.84 bits per heavy atom. The van der Waals surface area contributed by atoms with Crippen molar-refractivity contribution in [2.75, 3.05) is 18.0 Å². The maximum Gasteiger partial charge on any atom is 0.141 e. The molecule has 1 fully saturated rings. The van der Waals surface area contributed by atoms with Gasteiger partial charge in [-0.25, -0.2) is 9.97 Å². The molecule has 1 saturated heterocycles. The van der Waals surface area contributed by atoms with Gasteiger partial charge in [0, 0.05) is 24.4 Å². The van der Waals surface area contributed by atoms with Crippen molar-refractivity contribution in [2.24, 2.45) is 0 Å². The van der Waals surface area contributed by atoms with Crippen LogP contribution in [0.4, 0.5) is 5.82 Å². The van der Waals surface area contributed by atoms with Crippen LogP contribution in [0, 0.1) is 6.92 Å². The molecule has 3 heterocycles. The lowest BCUT2D eigenvalue weighted by Crippen LogP contribution is -2.46. The summed E-state index contributed by atoms with van der Waals surface area (Å²) in [5, 5.41) is 1.17. The van der Waals surface area contributed by atoms with Gasteiger partial charge in [-0.1, -0.05) is 30.3 Å². The monoisotopic (exact) mass is 353 g/mol. The molecule has 2 aromatic heterocycles. The van der Waals surface area contributed by atoms with Crippen molar-refractivity contribution in [3.05, 3.63) is 52.7 Å². The number of hydrogen-bond acceptors (Lipinski definition) is 5. The Bertz CT molecular complexity index is 867. The van der Waals surface area contributed by atoms with E-state index in [1.165, 1.54) is 15.8 Å². The molecule has 5 heteroatoms. The van der Waals surface area contributed by atoms with Gasteiger partial charge in [-0.3, -0.25) is 0 Å². The summed E-state index contributed by atoms with van der Waals surface area (Å²) in [6.07, 6.45) is 1.19. The summed E-state index contributed by atoms with van der Waals surface area (Å²) in [5.41, 5.74) is 1.24. The summed E-state index contributed by atoms with van der Waals surface area (Å²) in [4.78, 5) is 14.5. The van der Waals surface area contributed by atoms with Crippen LogP contribution in [-0.4, -0.2) is 35.3 Å². The lowest BCUT2D eigenvalue weighted by molar-refractivity contribution is -0.00538. The van der Waals surface area contributed by atoms with E-state index in [0.29, 0.717) is 0 Å². The van der Waals surface area contributed by atoms with Crippen LogP contribution < -0.4 is 4.90 Å². The smallest absolute Gasteiger partial charge is 0.141 e. The van der Waals surface area contributed by atoms with Crippen LogP contribution in [-0.2, 0) is 11.2 Å². The predicted octanol–water partition coefficient (Wildman–Crippen LogP) is 4.20. The van der Waals surface area contributed by atoms with Crippen LogP contribution in [0.2, 0.25) is 0 Å². The third kappa shape index (κ3) is 3.53. The second kappa shape index (κ2) is 6.73. The predicted molar refractivity (Wildman–Crippen MR) is 104 cm³/mol. The summed E-state index contributed by atoms with van der Waals surface area (Å²) < 4.78 is 5.90. The van der Waals surface area contributed by atoms with Gasteiger partial charge >= 0.3 is 0 Å². The van der Waals surface area contributed by atoms with E-state index >= 15 is 0 Å². The van der Waals surface area contributed by atoms with E-state index in [9.17, 15) is 0 Å². The highest BCUT2D eigenvalue weighted by atomic mass is 32.1. The van der Waals surface area contributed by atoms with Crippen molar-refractivity contribution in [3.8, 4) is 0 Å². The van der Waals surface area contributed by atoms with Crippen molar-refractivity contribution in [2.45, 2.75) is 39.4 Å². The van der Waals surface area contributed by atoms with Gasteiger partial charge < -0.3 is 9.64 Å². The number of morpholine rings is 1. The molecule has 1 aromatic carbocycles. The lowest BCUT2D eigenvalue weighted by atomic mass is 10.1. The summed E-state index contributed by atoms with van der Waals surface area (Å²) >= 11 is 1.75. The Hall–Kier alpha value is -1.98. The Balaban J connectivity index is 1.76. The highest BCUT2D eigenvalue weighted by molar-refractivity contribution is 7.18. The van der Waals surface area contributed by atoms with Gasteiger partial charge in [-0.05, 0) is 32.4 Å². The molecule has 4 nitrogen and oxygen atoms in total. The normalized spacial score (nSPS) is 21.0. The fourth-order valence-electron chi connectivity index (χ4n) is 3.52. The molecule has 2 atom stereocenters. The maximum atomic E-state index is 5.90. The van der Waals surface area contributed by atoms with Crippen molar-refractivity contribution in [1.82, 2.24) is 9.97 Å². The van der Waals surface area contributed by atoms with E-state index in [4.69, 9.17) is 14.7 Å². The van der Waals surface area contributed by atoms with Gasteiger partial charge in [0.2, 0.25) is 0 Å². The third-order valence-corrected chi connectivity index (χ3v) is 5.41. The standard InChI is InChI=1S/C20H23N3OS/c1-13-11-23(12-14(2)24-13)19-17-9-15(3)25-20(17)22-18(21-19)10-16-7-5-4-6-8-16/h4-9,13-14H,10-12H2,1-3H3. The van der Waals surface area contributed by atoms with Gasteiger partial charge in [0.25, 0.3) is 0 Å². The Labute approximate surface area is 152 Å². The summed E-state index contributed by atoms with van der Waals surface area (Å²) in [7, 11) is 0. The molecule has 0 saturated carbocycles. The quantitative estimate of drug-likeness (QED) is 0.707. The number of ether oxygens (including phenoxy) is 1. The topological polar surface area (TPSA) is 38.2 Å². The minimum Gasteiger partial charge on any atom is -0.372 e. The molecule has 0 amide bonds. The molecule has 3 aromatic rings. The third-order valence-electron chi connectivity index (χ3n) is 4.47.